The molecule has 0 radical (unpaired) electrons. The van der Waals surface area contributed by atoms with Crippen molar-refractivity contribution in [2.24, 2.45) is 0 Å². The first kappa shape index (κ1) is 25.4. The fraction of sp³-hybridized carbons (Fsp3) is 0.129. The highest BCUT2D eigenvalue weighted by molar-refractivity contribution is 6.21. The zero-order valence-corrected chi connectivity index (χ0v) is 21.3. The molecule has 0 aliphatic carbocycles. The van der Waals surface area contributed by atoms with Crippen LogP contribution in [0.15, 0.2) is 97.3 Å². The van der Waals surface area contributed by atoms with Crippen LogP contribution in [-0.2, 0) is 15.8 Å². The second-order valence-electron chi connectivity index (χ2n) is 9.65. The lowest BCUT2D eigenvalue weighted by atomic mass is 9.98. The molecule has 0 saturated heterocycles. The summed E-state index contributed by atoms with van der Waals surface area (Å²) in [6.45, 7) is 1.89. The Bertz CT molecular complexity index is 1740. The van der Waals surface area contributed by atoms with Gasteiger partial charge in [-0.15, -0.1) is 0 Å². The van der Waals surface area contributed by atoms with Gasteiger partial charge in [-0.3, -0.25) is 14.5 Å². The number of halogens is 3. The predicted octanol–water partition coefficient (Wildman–Crippen LogP) is 7.20. The monoisotopic (exact) mass is 540 g/mol. The average molecular weight is 541 g/mol. The SMILES string of the molecule is CC(c1ccc(C(F)(F)F)cc1)c1nccn1-c1ccc(N2C(=O)CC(=O)Nc3c2ccc2ccccc32)cc1. The molecule has 2 amide bonds. The van der Waals surface area contributed by atoms with Crippen molar-refractivity contribution in [2.75, 3.05) is 10.2 Å². The number of hydrogen-bond acceptors (Lipinski definition) is 3. The maximum absolute atomic E-state index is 13.2. The largest absolute Gasteiger partial charge is 0.416 e. The molecular formula is C31H23F3N4O2. The molecule has 1 aliphatic heterocycles. The summed E-state index contributed by atoms with van der Waals surface area (Å²) in [5, 5.41) is 4.68. The summed E-state index contributed by atoms with van der Waals surface area (Å²) >= 11 is 0. The van der Waals surface area contributed by atoms with Crippen LogP contribution < -0.4 is 10.2 Å². The summed E-state index contributed by atoms with van der Waals surface area (Å²) in [6.07, 6.45) is -1.26. The van der Waals surface area contributed by atoms with E-state index in [0.717, 1.165) is 28.6 Å². The molecule has 1 aromatic heterocycles. The molecule has 1 N–H and O–H groups in total. The maximum Gasteiger partial charge on any atom is 0.416 e. The summed E-state index contributed by atoms with van der Waals surface area (Å²) in [5.74, 6) is -0.341. The smallest absolute Gasteiger partial charge is 0.323 e. The fourth-order valence-electron chi connectivity index (χ4n) is 5.12. The van der Waals surface area contributed by atoms with Gasteiger partial charge in [-0.25, -0.2) is 4.98 Å². The predicted molar refractivity (Wildman–Crippen MR) is 147 cm³/mol. The number of fused-ring (bicyclic) bond motifs is 3. The van der Waals surface area contributed by atoms with E-state index < -0.39 is 11.7 Å². The Morgan fingerprint density at radius 3 is 2.30 bits per heavy atom. The van der Waals surface area contributed by atoms with E-state index in [0.29, 0.717) is 28.5 Å². The highest BCUT2D eigenvalue weighted by Gasteiger charge is 2.31. The number of hydrogen-bond donors (Lipinski definition) is 1. The number of rotatable bonds is 4. The van der Waals surface area contributed by atoms with Crippen LogP contribution in [0.1, 0.15) is 36.2 Å². The van der Waals surface area contributed by atoms with Crippen molar-refractivity contribution < 1.29 is 22.8 Å². The van der Waals surface area contributed by atoms with Crippen LogP contribution in [0.2, 0.25) is 0 Å². The standard InChI is InChI=1S/C31H23F3N4O2/c1-19(20-6-9-22(10-7-20)31(32,33)34)30-35-16-17-37(30)23-11-13-24(14-12-23)38-26-15-8-21-4-2-3-5-25(21)29(26)36-27(39)18-28(38)40/h2-17,19H,18H2,1H3,(H,36,39). The van der Waals surface area contributed by atoms with E-state index in [2.05, 4.69) is 10.3 Å². The highest BCUT2D eigenvalue weighted by atomic mass is 19.4. The Labute approximate surface area is 227 Å². The van der Waals surface area contributed by atoms with Gasteiger partial charge in [0.2, 0.25) is 11.8 Å². The van der Waals surface area contributed by atoms with Gasteiger partial charge in [0.15, 0.2) is 0 Å². The molecule has 6 rings (SSSR count). The van der Waals surface area contributed by atoms with Crippen molar-refractivity contribution in [3.8, 4) is 5.69 Å². The molecule has 1 atom stereocenters. The van der Waals surface area contributed by atoms with E-state index in [1.165, 1.54) is 12.1 Å². The van der Waals surface area contributed by atoms with Crippen molar-refractivity contribution in [1.82, 2.24) is 9.55 Å². The summed E-state index contributed by atoms with van der Waals surface area (Å²) in [5.41, 5.74) is 2.54. The van der Waals surface area contributed by atoms with E-state index in [-0.39, 0.29) is 24.2 Å². The van der Waals surface area contributed by atoms with E-state index >= 15 is 0 Å². The number of imidazole rings is 1. The molecule has 1 unspecified atom stereocenters. The molecule has 0 bridgehead atoms. The van der Waals surface area contributed by atoms with E-state index in [1.54, 1.807) is 29.4 Å². The Morgan fingerprint density at radius 1 is 0.875 bits per heavy atom. The third-order valence-corrected chi connectivity index (χ3v) is 7.15. The van der Waals surface area contributed by atoms with Crippen molar-refractivity contribution in [1.29, 1.82) is 0 Å². The Morgan fingerprint density at radius 2 is 1.57 bits per heavy atom. The van der Waals surface area contributed by atoms with Gasteiger partial charge < -0.3 is 9.88 Å². The molecule has 9 heteroatoms. The zero-order valence-electron chi connectivity index (χ0n) is 21.3. The van der Waals surface area contributed by atoms with Gasteiger partial charge in [-0.2, -0.15) is 13.2 Å². The fourth-order valence-corrected chi connectivity index (χ4v) is 5.12. The third kappa shape index (κ3) is 4.49. The van der Waals surface area contributed by atoms with Gasteiger partial charge in [0.05, 0.1) is 16.9 Å². The van der Waals surface area contributed by atoms with Gasteiger partial charge in [0.25, 0.3) is 0 Å². The molecule has 0 spiro atoms. The van der Waals surface area contributed by atoms with Crippen LogP contribution >= 0.6 is 0 Å². The van der Waals surface area contributed by atoms with Crippen LogP contribution in [0.5, 0.6) is 0 Å². The summed E-state index contributed by atoms with van der Waals surface area (Å²) in [7, 11) is 0. The number of nitrogens with zero attached hydrogens (tertiary/aromatic N) is 3. The second-order valence-corrected chi connectivity index (χ2v) is 9.65. The van der Waals surface area contributed by atoms with Crippen molar-refractivity contribution in [2.45, 2.75) is 25.4 Å². The lowest BCUT2D eigenvalue weighted by molar-refractivity contribution is -0.137. The molecule has 5 aromatic rings. The molecule has 2 heterocycles. The number of alkyl halides is 3. The van der Waals surface area contributed by atoms with Crippen molar-refractivity contribution in [3.05, 3.63) is 114 Å². The lowest BCUT2D eigenvalue weighted by Gasteiger charge is -2.24. The molecule has 0 saturated carbocycles. The molecule has 40 heavy (non-hydrogen) atoms. The number of aromatic nitrogens is 2. The average Bonchev–Trinajstić information content (AvgIpc) is 3.39. The van der Waals surface area contributed by atoms with Crippen LogP contribution in [0.4, 0.5) is 30.2 Å². The van der Waals surface area contributed by atoms with Gasteiger partial charge in [0, 0.05) is 35.1 Å². The molecule has 0 fully saturated rings. The van der Waals surface area contributed by atoms with Crippen LogP contribution in [0.3, 0.4) is 0 Å². The van der Waals surface area contributed by atoms with Crippen molar-refractivity contribution in [3.63, 3.8) is 0 Å². The molecule has 4 aromatic carbocycles. The number of amides is 2. The minimum Gasteiger partial charge on any atom is -0.323 e. The first-order valence-electron chi connectivity index (χ1n) is 12.7. The zero-order chi connectivity index (χ0) is 28.0. The minimum atomic E-state index is -4.40. The highest BCUT2D eigenvalue weighted by Crippen LogP contribution is 2.40. The topological polar surface area (TPSA) is 67.2 Å². The first-order chi connectivity index (χ1) is 19.2. The van der Waals surface area contributed by atoms with Crippen molar-refractivity contribution >= 4 is 39.6 Å². The molecule has 200 valence electrons. The summed E-state index contributed by atoms with van der Waals surface area (Å²) < 4.78 is 40.9. The number of benzene rings is 4. The summed E-state index contributed by atoms with van der Waals surface area (Å²) in [6, 6.07) is 23.8. The molecular weight excluding hydrogens is 517 g/mol. The van der Waals surface area contributed by atoms with Gasteiger partial charge in [-0.05, 0) is 53.4 Å². The number of carbonyl (C=O) groups is 2. The third-order valence-electron chi connectivity index (χ3n) is 7.15. The Hall–Kier alpha value is -4.92. The second kappa shape index (κ2) is 9.68. The quantitative estimate of drug-likeness (QED) is 0.245. The maximum atomic E-state index is 13.2. The Balaban J connectivity index is 1.34. The summed E-state index contributed by atoms with van der Waals surface area (Å²) in [4.78, 5) is 31.8. The van der Waals surface area contributed by atoms with Gasteiger partial charge in [0.1, 0.15) is 12.2 Å². The first-order valence-corrected chi connectivity index (χ1v) is 12.7. The molecule has 6 nitrogen and oxygen atoms in total. The lowest BCUT2D eigenvalue weighted by Crippen LogP contribution is -2.26. The Kier molecular flexibility index (Phi) is 6.14. The number of carbonyl (C=O) groups excluding carboxylic acids is 2. The van der Waals surface area contributed by atoms with Crippen LogP contribution in [0, 0.1) is 0 Å². The minimum absolute atomic E-state index is 0.276. The van der Waals surface area contributed by atoms with Gasteiger partial charge in [-0.1, -0.05) is 49.4 Å². The van der Waals surface area contributed by atoms with Crippen LogP contribution in [0.25, 0.3) is 16.5 Å². The van der Waals surface area contributed by atoms with Crippen LogP contribution in [-0.4, -0.2) is 21.4 Å². The number of anilines is 3. The number of nitrogens with one attached hydrogen (secondary N) is 1. The molecule has 1 aliphatic rings. The normalized spacial score (nSPS) is 14.6. The van der Waals surface area contributed by atoms with E-state index in [4.69, 9.17) is 0 Å². The van der Waals surface area contributed by atoms with Gasteiger partial charge >= 0.3 is 6.18 Å². The van der Waals surface area contributed by atoms with E-state index in [1.807, 2.05) is 60.0 Å². The van der Waals surface area contributed by atoms with E-state index in [9.17, 15) is 22.8 Å².